The van der Waals surface area contributed by atoms with Crippen molar-refractivity contribution < 1.29 is 14.3 Å². The molecule has 0 spiro atoms. The van der Waals surface area contributed by atoms with Crippen LogP contribution in [0, 0.1) is 0 Å². The van der Waals surface area contributed by atoms with Crippen molar-refractivity contribution in [1.29, 1.82) is 0 Å². The van der Waals surface area contributed by atoms with Gasteiger partial charge in [-0.05, 0) is 37.6 Å². The summed E-state index contributed by atoms with van der Waals surface area (Å²) < 4.78 is 5.23. The first-order valence-electron chi connectivity index (χ1n) is 7.07. The van der Waals surface area contributed by atoms with Gasteiger partial charge in [-0.3, -0.25) is 9.59 Å². The van der Waals surface area contributed by atoms with Crippen molar-refractivity contribution in [2.24, 2.45) is 0 Å². The van der Waals surface area contributed by atoms with Crippen LogP contribution >= 0.6 is 0 Å². The Morgan fingerprint density at radius 3 is 2.81 bits per heavy atom. The molecule has 1 fully saturated rings. The van der Waals surface area contributed by atoms with E-state index in [4.69, 9.17) is 4.74 Å². The molecule has 1 aliphatic rings. The zero-order valence-corrected chi connectivity index (χ0v) is 12.4. The minimum atomic E-state index is -0.160. The Balaban J connectivity index is 2.05. The van der Waals surface area contributed by atoms with Gasteiger partial charge >= 0.3 is 0 Å². The standard InChI is InChI=1S/C15H21N3O3/c1-10(19)17-12-5-6-14(21-2)13(8-12)18-15(20)9-11-4-3-7-16-11/h5-6,8,11,16H,3-4,7,9H2,1-2H3,(H,17,19)(H,18,20). The monoisotopic (exact) mass is 291 g/mol. The molecule has 1 unspecified atom stereocenters. The van der Waals surface area contributed by atoms with Crippen molar-refractivity contribution in [2.75, 3.05) is 24.3 Å². The van der Waals surface area contributed by atoms with Crippen molar-refractivity contribution in [3.05, 3.63) is 18.2 Å². The molecular weight excluding hydrogens is 270 g/mol. The summed E-state index contributed by atoms with van der Waals surface area (Å²) in [5.41, 5.74) is 1.18. The second-order valence-corrected chi connectivity index (χ2v) is 5.14. The highest BCUT2D eigenvalue weighted by atomic mass is 16.5. The van der Waals surface area contributed by atoms with E-state index in [1.54, 1.807) is 25.3 Å². The van der Waals surface area contributed by atoms with Crippen LogP contribution in [0.25, 0.3) is 0 Å². The van der Waals surface area contributed by atoms with Crippen LogP contribution < -0.4 is 20.7 Å². The Morgan fingerprint density at radius 2 is 2.19 bits per heavy atom. The lowest BCUT2D eigenvalue weighted by Crippen LogP contribution is -2.27. The summed E-state index contributed by atoms with van der Waals surface area (Å²) in [5, 5.41) is 8.82. The van der Waals surface area contributed by atoms with Crippen LogP contribution in [0.2, 0.25) is 0 Å². The van der Waals surface area contributed by atoms with Crippen molar-refractivity contribution in [1.82, 2.24) is 5.32 Å². The van der Waals surface area contributed by atoms with Crippen LogP contribution in [-0.2, 0) is 9.59 Å². The quantitative estimate of drug-likeness (QED) is 0.772. The van der Waals surface area contributed by atoms with Crippen molar-refractivity contribution in [2.45, 2.75) is 32.2 Å². The minimum absolute atomic E-state index is 0.0623. The summed E-state index contributed by atoms with van der Waals surface area (Å²) in [6, 6.07) is 5.39. The average Bonchev–Trinajstić information content (AvgIpc) is 2.91. The molecule has 0 bridgehead atoms. The van der Waals surface area contributed by atoms with Gasteiger partial charge in [0.05, 0.1) is 12.8 Å². The van der Waals surface area contributed by atoms with E-state index in [-0.39, 0.29) is 17.9 Å². The fourth-order valence-electron chi connectivity index (χ4n) is 2.44. The molecule has 21 heavy (non-hydrogen) atoms. The second kappa shape index (κ2) is 7.08. The first-order valence-corrected chi connectivity index (χ1v) is 7.07. The lowest BCUT2D eigenvalue weighted by Gasteiger charge is -2.14. The number of anilines is 2. The largest absolute Gasteiger partial charge is 0.495 e. The number of carbonyl (C=O) groups excluding carboxylic acids is 2. The van der Waals surface area contributed by atoms with E-state index in [1.807, 2.05) is 0 Å². The molecule has 3 N–H and O–H groups in total. The highest BCUT2D eigenvalue weighted by Crippen LogP contribution is 2.28. The van der Waals surface area contributed by atoms with Crippen molar-refractivity contribution >= 4 is 23.2 Å². The molecule has 0 aromatic heterocycles. The molecule has 6 nitrogen and oxygen atoms in total. The minimum Gasteiger partial charge on any atom is -0.495 e. The van der Waals surface area contributed by atoms with Gasteiger partial charge in [0.25, 0.3) is 0 Å². The fraction of sp³-hybridized carbons (Fsp3) is 0.467. The van der Waals surface area contributed by atoms with Crippen LogP contribution in [0.5, 0.6) is 5.75 Å². The summed E-state index contributed by atoms with van der Waals surface area (Å²) >= 11 is 0. The van der Waals surface area contributed by atoms with Gasteiger partial charge in [-0.25, -0.2) is 0 Å². The third-order valence-electron chi connectivity index (χ3n) is 3.39. The predicted octanol–water partition coefficient (Wildman–Crippen LogP) is 1.73. The topological polar surface area (TPSA) is 79.5 Å². The zero-order chi connectivity index (χ0) is 15.2. The van der Waals surface area contributed by atoms with Gasteiger partial charge in [0, 0.05) is 25.1 Å². The molecule has 1 aromatic carbocycles. The number of methoxy groups -OCH3 is 1. The third kappa shape index (κ3) is 4.46. The number of benzene rings is 1. The number of hydrogen-bond donors (Lipinski definition) is 3. The van der Waals surface area contributed by atoms with E-state index in [0.29, 0.717) is 23.5 Å². The van der Waals surface area contributed by atoms with Gasteiger partial charge in [0.2, 0.25) is 11.8 Å². The Labute approximate surface area is 124 Å². The maximum atomic E-state index is 12.1. The van der Waals surface area contributed by atoms with Gasteiger partial charge in [0.1, 0.15) is 5.75 Å². The van der Waals surface area contributed by atoms with E-state index in [2.05, 4.69) is 16.0 Å². The summed E-state index contributed by atoms with van der Waals surface area (Å²) in [4.78, 5) is 23.2. The van der Waals surface area contributed by atoms with Crippen LogP contribution in [0.1, 0.15) is 26.2 Å². The van der Waals surface area contributed by atoms with E-state index < -0.39 is 0 Å². The second-order valence-electron chi connectivity index (χ2n) is 5.14. The molecule has 0 saturated carbocycles. The maximum absolute atomic E-state index is 12.1. The molecule has 0 radical (unpaired) electrons. The number of amides is 2. The van der Waals surface area contributed by atoms with E-state index in [0.717, 1.165) is 19.4 Å². The van der Waals surface area contributed by atoms with Crippen LogP contribution in [0.3, 0.4) is 0 Å². The normalized spacial score (nSPS) is 17.3. The first kappa shape index (κ1) is 15.3. The molecule has 2 rings (SSSR count). The van der Waals surface area contributed by atoms with Gasteiger partial charge < -0.3 is 20.7 Å². The Hall–Kier alpha value is -2.08. The van der Waals surface area contributed by atoms with Gasteiger partial charge in [-0.15, -0.1) is 0 Å². The van der Waals surface area contributed by atoms with E-state index >= 15 is 0 Å². The predicted molar refractivity (Wildman–Crippen MR) is 81.6 cm³/mol. The average molecular weight is 291 g/mol. The zero-order valence-electron chi connectivity index (χ0n) is 12.4. The first-order chi connectivity index (χ1) is 10.1. The molecule has 114 valence electrons. The summed E-state index contributed by atoms with van der Waals surface area (Å²) in [5.74, 6) is 0.345. The molecule has 6 heteroatoms. The molecule has 1 heterocycles. The van der Waals surface area contributed by atoms with Crippen LogP contribution in [-0.4, -0.2) is 31.5 Å². The molecule has 1 atom stereocenters. The van der Waals surface area contributed by atoms with Gasteiger partial charge in [0.15, 0.2) is 0 Å². The SMILES string of the molecule is COc1ccc(NC(C)=O)cc1NC(=O)CC1CCCN1. The maximum Gasteiger partial charge on any atom is 0.226 e. The number of nitrogens with one attached hydrogen (secondary N) is 3. The Kier molecular flexibility index (Phi) is 5.16. The Morgan fingerprint density at radius 1 is 1.38 bits per heavy atom. The number of carbonyl (C=O) groups is 2. The van der Waals surface area contributed by atoms with Gasteiger partial charge in [-0.2, -0.15) is 0 Å². The molecule has 1 aromatic rings. The number of hydrogen-bond acceptors (Lipinski definition) is 4. The number of rotatable bonds is 5. The van der Waals surface area contributed by atoms with E-state index in [1.165, 1.54) is 6.92 Å². The highest BCUT2D eigenvalue weighted by molar-refractivity contribution is 5.95. The molecular formula is C15H21N3O3. The molecule has 1 saturated heterocycles. The smallest absolute Gasteiger partial charge is 0.226 e. The molecule has 1 aliphatic heterocycles. The molecule has 0 aliphatic carbocycles. The Bertz CT molecular complexity index is 525. The lowest BCUT2D eigenvalue weighted by atomic mass is 10.1. The lowest BCUT2D eigenvalue weighted by molar-refractivity contribution is -0.116. The summed E-state index contributed by atoms with van der Waals surface area (Å²) in [6.45, 7) is 2.41. The number of ether oxygens (including phenoxy) is 1. The third-order valence-corrected chi connectivity index (χ3v) is 3.39. The fourth-order valence-corrected chi connectivity index (χ4v) is 2.44. The highest BCUT2D eigenvalue weighted by Gasteiger charge is 2.18. The van der Waals surface area contributed by atoms with Crippen molar-refractivity contribution in [3.63, 3.8) is 0 Å². The molecule has 2 amide bonds. The van der Waals surface area contributed by atoms with Crippen molar-refractivity contribution in [3.8, 4) is 5.75 Å². The summed E-state index contributed by atoms with van der Waals surface area (Å²) in [7, 11) is 1.54. The van der Waals surface area contributed by atoms with Crippen LogP contribution in [0.4, 0.5) is 11.4 Å². The van der Waals surface area contributed by atoms with Gasteiger partial charge in [-0.1, -0.05) is 0 Å². The summed E-state index contributed by atoms with van der Waals surface area (Å²) in [6.07, 6.45) is 2.57. The van der Waals surface area contributed by atoms with Crippen LogP contribution in [0.15, 0.2) is 18.2 Å². The van der Waals surface area contributed by atoms with E-state index in [9.17, 15) is 9.59 Å².